The van der Waals surface area contributed by atoms with E-state index in [0.29, 0.717) is 69.9 Å². The van der Waals surface area contributed by atoms with Gasteiger partial charge in [0.15, 0.2) is 17.5 Å². The summed E-state index contributed by atoms with van der Waals surface area (Å²) in [6, 6.07) is 5.20. The van der Waals surface area contributed by atoms with E-state index in [0.717, 1.165) is 31.5 Å². The van der Waals surface area contributed by atoms with Crippen molar-refractivity contribution in [2.24, 2.45) is 17.4 Å². The van der Waals surface area contributed by atoms with Gasteiger partial charge in [-0.1, -0.05) is 106 Å². The highest BCUT2D eigenvalue weighted by Gasteiger charge is 2.46. The number of carboxylic acids is 2. The average Bonchev–Trinajstić information content (AvgIpc) is 1.71. The van der Waals surface area contributed by atoms with E-state index < -0.39 is 265 Å². The van der Waals surface area contributed by atoms with Gasteiger partial charge in [-0.25, -0.2) is 13.2 Å². The topological polar surface area (TPSA) is 563 Å². The Bertz CT molecular complexity index is 5230. The summed E-state index contributed by atoms with van der Waals surface area (Å²) in [5.74, 6) is -26.4. The number of primary amides is 1. The van der Waals surface area contributed by atoms with E-state index >= 15 is 51.9 Å². The van der Waals surface area contributed by atoms with Gasteiger partial charge in [-0.05, 0) is 134 Å². The van der Waals surface area contributed by atoms with Crippen molar-refractivity contribution in [1.29, 1.82) is 0 Å². The number of nitrogens with one attached hydrogen (secondary N) is 10. The number of nitrogens with two attached hydrogens (primary N) is 2. The van der Waals surface area contributed by atoms with Crippen LogP contribution in [0, 0.1) is 23.4 Å². The van der Waals surface area contributed by atoms with Gasteiger partial charge in [-0.15, -0.1) is 11.8 Å². The molecule has 13 atom stereocenters. The maximum atomic E-state index is 15.7. The molecule has 3 aliphatic heterocycles. The summed E-state index contributed by atoms with van der Waals surface area (Å²) in [6.07, 6.45) is -2.32. The molecule has 3 aliphatic rings. The fourth-order valence-electron chi connectivity index (χ4n) is 16.4. The number of hydrogen-bond donors (Lipinski definition) is 16. The molecular weight excluding hydrogens is 1770 g/mol. The van der Waals surface area contributed by atoms with E-state index in [1.165, 1.54) is 76.5 Å². The number of rotatable bonds is 24. The van der Waals surface area contributed by atoms with Crippen molar-refractivity contribution >= 4 is 123 Å². The summed E-state index contributed by atoms with van der Waals surface area (Å²) in [7, 11) is 3.60. The highest BCUT2D eigenvalue weighted by molar-refractivity contribution is 8.00. The lowest BCUT2D eigenvalue weighted by molar-refractivity contribution is -0.152. The zero-order valence-electron chi connectivity index (χ0n) is 75.1. The zero-order chi connectivity index (χ0) is 97.9. The van der Waals surface area contributed by atoms with Crippen LogP contribution in [0.5, 0.6) is 11.5 Å². The molecule has 4 heterocycles. The van der Waals surface area contributed by atoms with Gasteiger partial charge in [0.1, 0.15) is 90.0 Å². The third-order valence-corrected chi connectivity index (χ3v) is 24.8. The number of carboxylic acid groups (broad SMARTS) is 2. The quantitative estimate of drug-likeness (QED) is 0.0378. The summed E-state index contributed by atoms with van der Waals surface area (Å²) < 4.78 is 45.1. The molecule has 722 valence electrons. The smallest absolute Gasteiger partial charge is 0.305 e. The molecule has 42 heteroatoms. The van der Waals surface area contributed by atoms with Crippen LogP contribution in [-0.2, 0) is 114 Å². The summed E-state index contributed by atoms with van der Waals surface area (Å²) in [6.45, 7) is 3.37. The first-order chi connectivity index (χ1) is 63.7. The number of unbranched alkanes of at least 4 members (excludes halogenated alkanes) is 1. The van der Waals surface area contributed by atoms with Crippen molar-refractivity contribution in [2.45, 2.75) is 208 Å². The monoisotopic (exact) mass is 1880 g/mol. The van der Waals surface area contributed by atoms with Gasteiger partial charge in [0, 0.05) is 95.6 Å². The number of aromatic nitrogens is 1. The Labute approximate surface area is 774 Å². The van der Waals surface area contributed by atoms with Gasteiger partial charge in [-0.3, -0.25) is 81.5 Å². The van der Waals surface area contributed by atoms with E-state index in [4.69, 9.17) is 11.5 Å². The average molecular weight is 1890 g/mol. The van der Waals surface area contributed by atoms with Gasteiger partial charge >= 0.3 is 11.9 Å². The summed E-state index contributed by atoms with van der Waals surface area (Å²) in [5, 5.41) is 65.0. The largest absolute Gasteiger partial charge is 0.508 e. The molecule has 0 saturated carbocycles. The van der Waals surface area contributed by atoms with Crippen molar-refractivity contribution in [2.75, 3.05) is 58.8 Å². The minimum atomic E-state index is -1.99. The maximum Gasteiger partial charge on any atom is 0.305 e. The van der Waals surface area contributed by atoms with E-state index in [1.54, 1.807) is 67.7 Å². The van der Waals surface area contributed by atoms with Crippen molar-refractivity contribution in [1.82, 2.24) is 77.3 Å². The number of carbonyl (C=O) groups excluding carboxylic acids is 15. The maximum absolute atomic E-state index is 15.7. The summed E-state index contributed by atoms with van der Waals surface area (Å²) >= 11 is 0.624. The number of aromatic amines is 1. The molecule has 3 saturated heterocycles. The number of para-hydroxylation sites is 1. The summed E-state index contributed by atoms with van der Waals surface area (Å²) in [4.78, 5) is 258. The van der Waals surface area contributed by atoms with Crippen molar-refractivity contribution < 1.29 is 115 Å². The van der Waals surface area contributed by atoms with E-state index in [9.17, 15) is 63.2 Å². The molecule has 5 aromatic carbocycles. The third-order valence-electron chi connectivity index (χ3n) is 23.8. The minimum absolute atomic E-state index is 0.0659. The number of halogens is 3. The number of benzene rings is 5. The first-order valence-electron chi connectivity index (χ1n) is 44.1. The van der Waals surface area contributed by atoms with Crippen LogP contribution in [0.4, 0.5) is 13.2 Å². The molecule has 134 heavy (non-hydrogen) atoms. The van der Waals surface area contributed by atoms with Crippen LogP contribution < -0.4 is 59.3 Å². The number of phenols is 2. The second kappa shape index (κ2) is 49.2. The molecule has 18 N–H and O–H groups in total. The molecule has 3 fully saturated rings. The van der Waals surface area contributed by atoms with Gasteiger partial charge in [0.2, 0.25) is 88.6 Å². The number of thioether (sulfide) groups is 1. The first-order valence-corrected chi connectivity index (χ1v) is 45.3. The predicted octanol–water partition coefficient (Wildman–Crippen LogP) is 1.12. The molecule has 1 aromatic heterocycles. The highest BCUT2D eigenvalue weighted by Crippen LogP contribution is 2.29. The lowest BCUT2D eigenvalue weighted by atomic mass is 9.97. The molecule has 9 rings (SSSR count). The summed E-state index contributed by atoms with van der Waals surface area (Å²) in [5.41, 5.74) is 13.2. The Morgan fingerprint density at radius 2 is 1.03 bits per heavy atom. The van der Waals surface area contributed by atoms with E-state index in [-0.39, 0.29) is 88.9 Å². The van der Waals surface area contributed by atoms with Gasteiger partial charge < -0.3 is 109 Å². The molecule has 6 aromatic rings. The Balaban J connectivity index is 1.14. The number of nitrogens with zero attached hydrogens (tertiary/aromatic N) is 5. The van der Waals surface area contributed by atoms with Gasteiger partial charge in [-0.2, -0.15) is 0 Å². The van der Waals surface area contributed by atoms with Crippen molar-refractivity contribution in [3.63, 3.8) is 0 Å². The minimum Gasteiger partial charge on any atom is -0.508 e. The Morgan fingerprint density at radius 3 is 1.64 bits per heavy atom. The van der Waals surface area contributed by atoms with Crippen LogP contribution in [0.25, 0.3) is 10.9 Å². The number of hydrogen-bond acceptors (Lipinski definition) is 21. The normalized spacial score (nSPS) is 23.5. The molecular formula is C92H116F3N17O21S. The van der Waals surface area contributed by atoms with Crippen molar-refractivity contribution in [3.8, 4) is 11.5 Å². The van der Waals surface area contributed by atoms with Crippen LogP contribution in [0.2, 0.25) is 0 Å². The highest BCUT2D eigenvalue weighted by atomic mass is 32.2. The first kappa shape index (κ1) is 104. The van der Waals surface area contributed by atoms with Gasteiger partial charge in [0.05, 0.1) is 18.7 Å². The number of aromatic hydroxyl groups is 2. The van der Waals surface area contributed by atoms with E-state index in [1.807, 2.05) is 0 Å². The van der Waals surface area contributed by atoms with Crippen molar-refractivity contribution in [3.05, 3.63) is 167 Å². The van der Waals surface area contributed by atoms with Crippen LogP contribution in [0.1, 0.15) is 126 Å². The van der Waals surface area contributed by atoms with Crippen LogP contribution in [0.15, 0.2) is 121 Å². The standard InChI is InChI=1S/C92H116F3N17O21S/c1-7-8-21-71-91(132)112-37-16-23-70(112)86(127)105-66(45-77(119)120)84(125)107-79(50(2)3)92(133)109(5)72(42-51-17-10-9-11-18-51)87(128)102-63(32-33-76(117)118)89(130)111-36-15-14-22-69(111)85(126)104-65(44-55-46-98-61-20-13-12-19-58(55)61)83(124)103-64(40-52-24-28-56(113)29-25-52)82(123)101-62(34-35-96)81(122)106-68(80(121)99-47-74(97)115)48-134-49-75(116)100-67(41-54-38-59(93)78(95)60(94)39-54)88(129)110(6)73(90(131)108(71)4)43-53-26-30-57(114)31-27-53/h9-13,17-20,24-31,38-39,46,50,62-73,79,98,113-114H,7-8,14-16,21-23,32-37,40-45,47-49,96H2,1-6H3,(H2,97,115)(H,99,121)(H,100,116)(H,101,123)(H,102,128)(H,103,124)(H,104,126)(H,105,127)(H,106,122)(H,107,125)(H,117,118)(H,119,120)/t62-,63-,64-,65-,66-,67-,68-,69+,70+,71-,72-,73-,79-/m0/s1. The number of likely N-dealkylation sites (N-methyl/N-ethyl adjacent to an activating group) is 3. The van der Waals surface area contributed by atoms with Crippen LogP contribution in [0.3, 0.4) is 0 Å². The zero-order valence-corrected chi connectivity index (χ0v) is 75.9. The number of amides is 15. The fourth-order valence-corrected chi connectivity index (χ4v) is 17.2. The molecule has 0 radical (unpaired) electrons. The Morgan fingerprint density at radius 1 is 0.507 bits per heavy atom. The molecule has 38 nitrogen and oxygen atoms in total. The lowest BCUT2D eigenvalue weighted by Gasteiger charge is -2.38. The number of phenolic OH excluding ortho intramolecular Hbond substituents is 2. The van der Waals surface area contributed by atoms with Gasteiger partial charge in [0.25, 0.3) is 0 Å². The van der Waals surface area contributed by atoms with Crippen LogP contribution in [-0.4, -0.2) is 288 Å². The Kier molecular flexibility index (Phi) is 38.2. The Hall–Kier alpha value is -13.7. The number of aliphatic carboxylic acids is 2. The van der Waals surface area contributed by atoms with E-state index in [2.05, 4.69) is 52.8 Å². The molecule has 0 bridgehead atoms. The number of H-pyrrole nitrogens is 1. The SMILES string of the molecule is CCCC[C@H]1C(=O)N2CCC[C@@H]2C(=O)N[C@@H](CC(=O)O)C(=O)N[C@@H](C(C)C)C(=O)N(C)[C@@H](Cc2ccccc2)C(=O)N[C@@H](CCC(=O)O)C(=O)N2CCCC[C@@H]2C(=O)N[C@@H](Cc2c[nH]c3ccccc23)C(=O)N[C@@H](Cc2ccc(O)cc2)C(=O)N[C@@H](CCN)C(=O)N[C@H](C(=O)NCC(N)=O)CSCC(=O)N[C@@H](Cc2cc(F)c(F)c(F)c2)C(=O)N(C)[C@@H](Cc2ccc(O)cc2)C(=O)N1C. The van der Waals surface area contributed by atoms with Crippen LogP contribution >= 0.6 is 11.8 Å². The number of fused-ring (bicyclic) bond motifs is 3. The molecule has 15 amide bonds. The third kappa shape index (κ3) is 28.7. The predicted molar refractivity (Wildman–Crippen MR) is 482 cm³/mol. The number of carbonyl (C=O) groups is 17. The molecule has 0 aliphatic carbocycles. The number of piperidine rings is 1. The molecule has 0 unspecified atom stereocenters. The lowest BCUT2D eigenvalue weighted by Crippen LogP contribution is -2.63. The second-order valence-corrected chi connectivity index (χ2v) is 34.9. The fraction of sp³-hybridized carbons (Fsp3) is 0.467. The second-order valence-electron chi connectivity index (χ2n) is 33.9. The molecule has 0 spiro atoms.